The summed E-state index contributed by atoms with van der Waals surface area (Å²) in [6, 6.07) is 8.13. The standard InChI is InChI=1S/C14H16N4O/c1-15-6-5-11-8-13(18(2)17-11)10-3-4-12-14(7-10)19-9-16-12/h3-4,7-9,15H,5-6H2,1-2H3. The fourth-order valence-corrected chi connectivity index (χ4v) is 2.19. The third-order valence-electron chi connectivity index (χ3n) is 3.19. The Balaban J connectivity index is 1.98. The van der Waals surface area contributed by atoms with E-state index in [9.17, 15) is 0 Å². The molecule has 0 bridgehead atoms. The smallest absolute Gasteiger partial charge is 0.181 e. The molecule has 3 rings (SSSR count). The maximum Gasteiger partial charge on any atom is 0.181 e. The first-order valence-electron chi connectivity index (χ1n) is 6.29. The van der Waals surface area contributed by atoms with Gasteiger partial charge in [-0.05, 0) is 25.2 Å². The predicted molar refractivity (Wildman–Crippen MR) is 73.8 cm³/mol. The van der Waals surface area contributed by atoms with Crippen LogP contribution in [-0.2, 0) is 13.5 Å². The number of aromatic nitrogens is 3. The number of fused-ring (bicyclic) bond motifs is 1. The van der Waals surface area contributed by atoms with E-state index in [0.717, 1.165) is 41.0 Å². The van der Waals surface area contributed by atoms with Crippen molar-refractivity contribution in [1.82, 2.24) is 20.1 Å². The van der Waals surface area contributed by atoms with Crippen LogP contribution in [0.4, 0.5) is 0 Å². The van der Waals surface area contributed by atoms with Gasteiger partial charge in [0, 0.05) is 25.6 Å². The molecular weight excluding hydrogens is 240 g/mol. The van der Waals surface area contributed by atoms with Crippen LogP contribution < -0.4 is 5.32 Å². The summed E-state index contributed by atoms with van der Waals surface area (Å²) in [4.78, 5) is 4.12. The van der Waals surface area contributed by atoms with Crippen molar-refractivity contribution < 1.29 is 4.42 Å². The Morgan fingerprint density at radius 3 is 3.05 bits per heavy atom. The highest BCUT2D eigenvalue weighted by Crippen LogP contribution is 2.24. The molecule has 2 heterocycles. The molecular formula is C14H16N4O. The molecule has 0 unspecified atom stereocenters. The second-order valence-electron chi connectivity index (χ2n) is 4.53. The van der Waals surface area contributed by atoms with Gasteiger partial charge < -0.3 is 9.73 Å². The maximum absolute atomic E-state index is 5.34. The fourth-order valence-electron chi connectivity index (χ4n) is 2.19. The van der Waals surface area contributed by atoms with E-state index in [-0.39, 0.29) is 0 Å². The molecule has 98 valence electrons. The van der Waals surface area contributed by atoms with Crippen LogP contribution in [0.1, 0.15) is 5.69 Å². The van der Waals surface area contributed by atoms with Gasteiger partial charge >= 0.3 is 0 Å². The van der Waals surface area contributed by atoms with E-state index in [1.807, 2.05) is 37.0 Å². The summed E-state index contributed by atoms with van der Waals surface area (Å²) < 4.78 is 7.25. The van der Waals surface area contributed by atoms with Crippen molar-refractivity contribution in [2.24, 2.45) is 7.05 Å². The van der Waals surface area contributed by atoms with Crippen molar-refractivity contribution in [3.05, 3.63) is 36.4 Å². The molecule has 0 amide bonds. The van der Waals surface area contributed by atoms with Crippen molar-refractivity contribution in [2.75, 3.05) is 13.6 Å². The predicted octanol–water partition coefficient (Wildman–Crippen LogP) is 1.99. The molecule has 3 aromatic rings. The molecule has 0 atom stereocenters. The lowest BCUT2D eigenvalue weighted by Crippen LogP contribution is -2.10. The minimum atomic E-state index is 0.801. The number of nitrogens with one attached hydrogen (secondary N) is 1. The number of hydrogen-bond donors (Lipinski definition) is 1. The summed E-state index contributed by atoms with van der Waals surface area (Å²) in [7, 11) is 3.91. The molecule has 0 saturated carbocycles. The molecule has 1 N–H and O–H groups in total. The number of nitrogens with zero attached hydrogens (tertiary/aromatic N) is 3. The average molecular weight is 256 g/mol. The van der Waals surface area contributed by atoms with Gasteiger partial charge in [0.1, 0.15) is 5.52 Å². The summed E-state index contributed by atoms with van der Waals surface area (Å²) in [6.07, 6.45) is 2.39. The summed E-state index contributed by atoms with van der Waals surface area (Å²) in [5.74, 6) is 0. The van der Waals surface area contributed by atoms with Gasteiger partial charge in [-0.15, -0.1) is 0 Å². The van der Waals surface area contributed by atoms with E-state index < -0.39 is 0 Å². The molecule has 5 heteroatoms. The molecule has 0 aliphatic carbocycles. The van der Waals surface area contributed by atoms with Crippen molar-refractivity contribution in [1.29, 1.82) is 0 Å². The second kappa shape index (κ2) is 4.85. The Kier molecular flexibility index (Phi) is 3.05. The third kappa shape index (κ3) is 2.24. The summed E-state index contributed by atoms with van der Waals surface area (Å²) in [5, 5.41) is 7.66. The Bertz CT molecular complexity index is 698. The van der Waals surface area contributed by atoms with Gasteiger partial charge in [0.25, 0.3) is 0 Å². The monoisotopic (exact) mass is 256 g/mol. The molecule has 0 aliphatic heterocycles. The average Bonchev–Trinajstić information content (AvgIpc) is 3.01. The Labute approximate surface area is 111 Å². The molecule has 5 nitrogen and oxygen atoms in total. The lowest BCUT2D eigenvalue weighted by molar-refractivity contribution is 0.602. The van der Waals surface area contributed by atoms with E-state index in [2.05, 4.69) is 21.5 Å². The second-order valence-corrected chi connectivity index (χ2v) is 4.53. The van der Waals surface area contributed by atoms with E-state index >= 15 is 0 Å². The van der Waals surface area contributed by atoms with Crippen molar-refractivity contribution in [3.8, 4) is 11.3 Å². The lowest BCUT2D eigenvalue weighted by Gasteiger charge is -2.00. The van der Waals surface area contributed by atoms with Crippen LogP contribution in [0.5, 0.6) is 0 Å². The summed E-state index contributed by atoms with van der Waals surface area (Å²) in [5.41, 5.74) is 4.95. The number of likely N-dealkylation sites (N-methyl/N-ethyl adjacent to an activating group) is 1. The fraction of sp³-hybridized carbons (Fsp3) is 0.286. The highest BCUT2D eigenvalue weighted by molar-refractivity contribution is 5.79. The van der Waals surface area contributed by atoms with Gasteiger partial charge in [0.15, 0.2) is 12.0 Å². The van der Waals surface area contributed by atoms with Gasteiger partial charge in [-0.25, -0.2) is 4.98 Å². The van der Waals surface area contributed by atoms with Crippen LogP contribution in [0.15, 0.2) is 35.1 Å². The molecule has 0 radical (unpaired) electrons. The highest BCUT2D eigenvalue weighted by Gasteiger charge is 2.09. The van der Waals surface area contributed by atoms with Crippen LogP contribution in [0.3, 0.4) is 0 Å². The number of hydrogen-bond acceptors (Lipinski definition) is 4. The minimum Gasteiger partial charge on any atom is -0.443 e. The molecule has 0 spiro atoms. The number of oxazole rings is 1. The maximum atomic E-state index is 5.34. The topological polar surface area (TPSA) is 55.9 Å². The summed E-state index contributed by atoms with van der Waals surface area (Å²) >= 11 is 0. The Morgan fingerprint density at radius 1 is 1.32 bits per heavy atom. The number of aryl methyl sites for hydroxylation is 1. The Hall–Kier alpha value is -2.14. The molecule has 19 heavy (non-hydrogen) atoms. The normalized spacial score (nSPS) is 11.3. The SMILES string of the molecule is CNCCc1cc(-c2ccc3ncoc3c2)n(C)n1. The molecule has 1 aromatic carbocycles. The molecule has 0 saturated heterocycles. The summed E-state index contributed by atoms with van der Waals surface area (Å²) in [6.45, 7) is 0.928. The van der Waals surface area contributed by atoms with Crippen LogP contribution in [0.25, 0.3) is 22.4 Å². The first-order chi connectivity index (χ1) is 9.28. The first-order valence-corrected chi connectivity index (χ1v) is 6.29. The molecule has 2 aromatic heterocycles. The van der Waals surface area contributed by atoms with Crippen LogP contribution >= 0.6 is 0 Å². The van der Waals surface area contributed by atoms with E-state index in [4.69, 9.17) is 4.42 Å². The van der Waals surface area contributed by atoms with Crippen molar-refractivity contribution in [3.63, 3.8) is 0 Å². The van der Waals surface area contributed by atoms with Gasteiger partial charge in [0.2, 0.25) is 0 Å². The van der Waals surface area contributed by atoms with E-state index in [1.54, 1.807) is 0 Å². The first kappa shape index (κ1) is 11.9. The van der Waals surface area contributed by atoms with Crippen LogP contribution in [0.2, 0.25) is 0 Å². The van der Waals surface area contributed by atoms with Crippen LogP contribution in [-0.4, -0.2) is 28.4 Å². The van der Waals surface area contributed by atoms with Gasteiger partial charge in [0.05, 0.1) is 11.4 Å². The quantitative estimate of drug-likeness (QED) is 0.775. The highest BCUT2D eigenvalue weighted by atomic mass is 16.3. The largest absolute Gasteiger partial charge is 0.443 e. The van der Waals surface area contributed by atoms with Crippen LogP contribution in [0, 0.1) is 0 Å². The molecule has 0 aliphatic rings. The van der Waals surface area contributed by atoms with Gasteiger partial charge in [-0.1, -0.05) is 6.07 Å². The minimum absolute atomic E-state index is 0.801. The molecule has 0 fully saturated rings. The van der Waals surface area contributed by atoms with Crippen molar-refractivity contribution >= 4 is 11.1 Å². The zero-order valence-corrected chi connectivity index (χ0v) is 11.1. The number of benzene rings is 1. The lowest BCUT2D eigenvalue weighted by atomic mass is 10.1. The zero-order chi connectivity index (χ0) is 13.2. The van der Waals surface area contributed by atoms with E-state index in [0.29, 0.717) is 0 Å². The van der Waals surface area contributed by atoms with Crippen molar-refractivity contribution in [2.45, 2.75) is 6.42 Å². The Morgan fingerprint density at radius 2 is 2.21 bits per heavy atom. The van der Waals surface area contributed by atoms with Gasteiger partial charge in [-0.2, -0.15) is 5.10 Å². The van der Waals surface area contributed by atoms with E-state index in [1.165, 1.54) is 6.39 Å². The van der Waals surface area contributed by atoms with Gasteiger partial charge in [-0.3, -0.25) is 4.68 Å². The zero-order valence-electron chi connectivity index (χ0n) is 11.1. The third-order valence-corrected chi connectivity index (χ3v) is 3.19. The number of rotatable bonds is 4.